The number of carboxylic acid groups (broad SMARTS) is 1. The quantitative estimate of drug-likeness (QED) is 0.728. The van der Waals surface area contributed by atoms with Crippen LogP contribution in [0.2, 0.25) is 0 Å². The second-order valence-corrected chi connectivity index (χ2v) is 7.34. The zero-order valence-electron chi connectivity index (χ0n) is 17.2. The summed E-state index contributed by atoms with van der Waals surface area (Å²) in [6.07, 6.45) is 5.87. The van der Waals surface area contributed by atoms with Gasteiger partial charge in [-0.15, -0.1) is 0 Å². The first-order chi connectivity index (χ1) is 14.1. The SMILES string of the molecule is Cc1nc(N2CCCC2)nc(N2CCN(CCn3cncn3)CC2)c1C.O=CO. The van der Waals surface area contributed by atoms with Crippen LogP contribution >= 0.6 is 0 Å². The number of aromatic nitrogens is 5. The summed E-state index contributed by atoms with van der Waals surface area (Å²) in [4.78, 5) is 29.3. The van der Waals surface area contributed by atoms with Gasteiger partial charge in [-0.25, -0.2) is 9.97 Å². The Bertz CT molecular complexity index is 769. The molecule has 10 nitrogen and oxygen atoms in total. The number of rotatable bonds is 5. The molecule has 0 saturated carbocycles. The molecule has 29 heavy (non-hydrogen) atoms. The highest BCUT2D eigenvalue weighted by atomic mass is 16.3. The summed E-state index contributed by atoms with van der Waals surface area (Å²) >= 11 is 0. The molecule has 10 heteroatoms. The van der Waals surface area contributed by atoms with Crippen molar-refractivity contribution in [2.75, 3.05) is 55.6 Å². The van der Waals surface area contributed by atoms with Gasteiger partial charge in [-0.1, -0.05) is 0 Å². The topological polar surface area (TPSA) is 104 Å². The van der Waals surface area contributed by atoms with Crippen molar-refractivity contribution < 1.29 is 9.90 Å². The average Bonchev–Trinajstić information content (AvgIpc) is 3.44. The first kappa shape index (κ1) is 21.0. The number of anilines is 2. The van der Waals surface area contributed by atoms with Gasteiger partial charge >= 0.3 is 0 Å². The van der Waals surface area contributed by atoms with E-state index in [0.717, 1.165) is 69.8 Å². The van der Waals surface area contributed by atoms with Crippen molar-refractivity contribution in [3.63, 3.8) is 0 Å². The van der Waals surface area contributed by atoms with Crippen molar-refractivity contribution in [1.29, 1.82) is 0 Å². The van der Waals surface area contributed by atoms with E-state index in [2.05, 4.69) is 38.6 Å². The smallest absolute Gasteiger partial charge is 0.290 e. The van der Waals surface area contributed by atoms with Gasteiger partial charge in [0.05, 0.1) is 6.54 Å². The third kappa shape index (κ3) is 5.41. The molecule has 0 atom stereocenters. The van der Waals surface area contributed by atoms with Crippen molar-refractivity contribution in [3.05, 3.63) is 23.9 Å². The summed E-state index contributed by atoms with van der Waals surface area (Å²) in [6.45, 7) is 12.2. The first-order valence-corrected chi connectivity index (χ1v) is 10.1. The highest BCUT2D eigenvalue weighted by Gasteiger charge is 2.23. The molecule has 0 bridgehead atoms. The van der Waals surface area contributed by atoms with Gasteiger partial charge in [-0.2, -0.15) is 10.1 Å². The highest BCUT2D eigenvalue weighted by Crippen LogP contribution is 2.25. The third-order valence-corrected chi connectivity index (χ3v) is 5.52. The van der Waals surface area contributed by atoms with Gasteiger partial charge in [-0.3, -0.25) is 14.4 Å². The Morgan fingerprint density at radius 3 is 2.31 bits per heavy atom. The van der Waals surface area contributed by atoms with Crippen LogP contribution in [0.5, 0.6) is 0 Å². The minimum atomic E-state index is -0.250. The van der Waals surface area contributed by atoms with Gasteiger partial charge < -0.3 is 14.9 Å². The van der Waals surface area contributed by atoms with E-state index in [1.165, 1.54) is 18.4 Å². The molecule has 2 aromatic rings. The van der Waals surface area contributed by atoms with Gasteiger partial charge in [0.2, 0.25) is 5.95 Å². The molecular weight excluding hydrogens is 372 g/mol. The molecule has 0 radical (unpaired) electrons. The molecule has 0 unspecified atom stereocenters. The molecule has 0 aliphatic carbocycles. The van der Waals surface area contributed by atoms with Gasteiger partial charge in [-0.05, 0) is 26.7 Å². The average molecular weight is 403 g/mol. The second-order valence-electron chi connectivity index (χ2n) is 7.34. The van der Waals surface area contributed by atoms with Crippen molar-refractivity contribution in [1.82, 2.24) is 29.6 Å². The van der Waals surface area contributed by atoms with Crippen LogP contribution in [0.1, 0.15) is 24.1 Å². The first-order valence-electron chi connectivity index (χ1n) is 10.1. The molecular formula is C19H30N8O2. The number of hydrogen-bond donors (Lipinski definition) is 1. The maximum absolute atomic E-state index is 8.36. The Morgan fingerprint density at radius 1 is 1.00 bits per heavy atom. The molecule has 2 fully saturated rings. The Morgan fingerprint density at radius 2 is 1.69 bits per heavy atom. The molecule has 158 valence electrons. The Labute approximate surface area is 171 Å². The van der Waals surface area contributed by atoms with Crippen molar-refractivity contribution >= 4 is 18.2 Å². The maximum Gasteiger partial charge on any atom is 0.290 e. The van der Waals surface area contributed by atoms with Crippen LogP contribution in [0.15, 0.2) is 12.7 Å². The minimum absolute atomic E-state index is 0.250. The lowest BCUT2D eigenvalue weighted by atomic mass is 10.2. The molecule has 2 aliphatic heterocycles. The van der Waals surface area contributed by atoms with Gasteiger partial charge in [0, 0.05) is 57.1 Å². The second kappa shape index (κ2) is 10.1. The molecule has 4 rings (SSSR count). The monoisotopic (exact) mass is 402 g/mol. The molecule has 2 aliphatic rings. The van der Waals surface area contributed by atoms with Gasteiger partial charge in [0.15, 0.2) is 0 Å². The zero-order valence-corrected chi connectivity index (χ0v) is 17.2. The van der Waals surface area contributed by atoms with E-state index >= 15 is 0 Å². The van der Waals surface area contributed by atoms with E-state index in [-0.39, 0.29) is 6.47 Å². The maximum atomic E-state index is 8.36. The number of hydrogen-bond acceptors (Lipinski definition) is 8. The third-order valence-electron chi connectivity index (χ3n) is 5.52. The van der Waals surface area contributed by atoms with E-state index < -0.39 is 0 Å². The predicted molar refractivity (Wildman–Crippen MR) is 110 cm³/mol. The normalized spacial score (nSPS) is 17.2. The summed E-state index contributed by atoms with van der Waals surface area (Å²) in [7, 11) is 0. The molecule has 1 N–H and O–H groups in total. The van der Waals surface area contributed by atoms with E-state index in [0.29, 0.717) is 0 Å². The molecule has 0 aromatic carbocycles. The lowest BCUT2D eigenvalue weighted by Gasteiger charge is -2.36. The van der Waals surface area contributed by atoms with Crippen molar-refractivity contribution in [3.8, 4) is 0 Å². The largest absolute Gasteiger partial charge is 0.483 e. The van der Waals surface area contributed by atoms with Crippen LogP contribution < -0.4 is 9.80 Å². The van der Waals surface area contributed by atoms with Crippen LogP contribution in [0.4, 0.5) is 11.8 Å². The summed E-state index contributed by atoms with van der Waals surface area (Å²) in [5, 5.41) is 11.1. The number of piperazine rings is 1. The Balaban J connectivity index is 0.000000755. The summed E-state index contributed by atoms with van der Waals surface area (Å²) in [5.74, 6) is 2.03. The van der Waals surface area contributed by atoms with Crippen LogP contribution in [-0.4, -0.2) is 87.0 Å². The summed E-state index contributed by atoms with van der Waals surface area (Å²) in [5.41, 5.74) is 2.31. The van der Waals surface area contributed by atoms with Crippen LogP contribution in [0.25, 0.3) is 0 Å². The lowest BCUT2D eigenvalue weighted by molar-refractivity contribution is -0.122. The number of aryl methyl sites for hydroxylation is 1. The fourth-order valence-corrected chi connectivity index (χ4v) is 3.74. The van der Waals surface area contributed by atoms with E-state index in [1.54, 1.807) is 12.7 Å². The fourth-order valence-electron chi connectivity index (χ4n) is 3.74. The van der Waals surface area contributed by atoms with Crippen LogP contribution in [0, 0.1) is 13.8 Å². The summed E-state index contributed by atoms with van der Waals surface area (Å²) < 4.78 is 1.90. The van der Waals surface area contributed by atoms with Crippen LogP contribution in [-0.2, 0) is 11.3 Å². The van der Waals surface area contributed by atoms with E-state index in [9.17, 15) is 0 Å². The zero-order chi connectivity index (χ0) is 20.6. The highest BCUT2D eigenvalue weighted by molar-refractivity contribution is 5.53. The number of carbonyl (C=O) groups is 1. The van der Waals surface area contributed by atoms with Gasteiger partial charge in [0.1, 0.15) is 18.5 Å². The fraction of sp³-hybridized carbons (Fsp3) is 0.632. The molecule has 4 heterocycles. The molecule has 0 amide bonds. The van der Waals surface area contributed by atoms with Crippen molar-refractivity contribution in [2.45, 2.75) is 33.2 Å². The minimum Gasteiger partial charge on any atom is -0.483 e. The van der Waals surface area contributed by atoms with Crippen molar-refractivity contribution in [2.24, 2.45) is 0 Å². The van der Waals surface area contributed by atoms with Gasteiger partial charge in [0.25, 0.3) is 6.47 Å². The molecule has 2 saturated heterocycles. The molecule has 2 aromatic heterocycles. The van der Waals surface area contributed by atoms with Crippen LogP contribution in [0.3, 0.4) is 0 Å². The Hall–Kier alpha value is -2.75. The standard InChI is InChI=1S/C18H28N8.CH2O2/c1-15-16(2)21-18(25-5-3-4-6-25)22-17(15)24-10-7-23(8-11-24)9-12-26-14-19-13-20-26;2-1-3/h13-14H,3-12H2,1-2H3;1H,(H,2,3). The predicted octanol–water partition coefficient (Wildman–Crippen LogP) is 0.808. The number of nitrogens with zero attached hydrogens (tertiary/aromatic N) is 8. The summed E-state index contributed by atoms with van der Waals surface area (Å²) in [6, 6.07) is 0. The molecule has 0 spiro atoms. The van der Waals surface area contributed by atoms with E-state index in [4.69, 9.17) is 19.9 Å². The Kier molecular flexibility index (Phi) is 7.34. The lowest BCUT2D eigenvalue weighted by Crippen LogP contribution is -2.48. The van der Waals surface area contributed by atoms with E-state index in [1.807, 2.05) is 4.68 Å².